The van der Waals surface area contributed by atoms with E-state index in [0.717, 1.165) is 12.8 Å². The van der Waals surface area contributed by atoms with Crippen molar-refractivity contribution in [2.45, 2.75) is 26.2 Å². The molecule has 3 N–H and O–H groups in total. The number of nitrogens with zero attached hydrogens (tertiary/aromatic N) is 1. The van der Waals surface area contributed by atoms with Crippen LogP contribution in [0.4, 0.5) is 5.13 Å². The molecule has 0 fully saturated rings. The van der Waals surface area contributed by atoms with E-state index in [0.29, 0.717) is 22.9 Å². The van der Waals surface area contributed by atoms with Crippen LogP contribution in [0.2, 0.25) is 0 Å². The Morgan fingerprint density at radius 3 is 2.87 bits per heavy atom. The lowest BCUT2D eigenvalue weighted by atomic mass is 10.3. The van der Waals surface area contributed by atoms with Crippen LogP contribution in [0.3, 0.4) is 0 Å². The van der Waals surface area contributed by atoms with E-state index in [1.165, 1.54) is 29.7 Å². The molecule has 2 aromatic heterocycles. The summed E-state index contributed by atoms with van der Waals surface area (Å²) < 4.78 is 0. The van der Waals surface area contributed by atoms with E-state index in [-0.39, 0.29) is 23.8 Å². The fourth-order valence-corrected chi connectivity index (χ4v) is 2.50. The Hall–Kier alpha value is -2.48. The summed E-state index contributed by atoms with van der Waals surface area (Å²) in [6.07, 6.45) is 3.50. The Bertz CT molecular complexity index is 718. The zero-order valence-corrected chi connectivity index (χ0v) is 13.5. The van der Waals surface area contributed by atoms with Gasteiger partial charge in [-0.2, -0.15) is 0 Å². The van der Waals surface area contributed by atoms with Gasteiger partial charge in [0.05, 0.1) is 17.7 Å². The number of anilines is 1. The van der Waals surface area contributed by atoms with Gasteiger partial charge in [0, 0.05) is 24.2 Å². The van der Waals surface area contributed by atoms with Gasteiger partial charge in [-0.25, -0.2) is 4.98 Å². The Kier molecular flexibility index (Phi) is 6.04. The summed E-state index contributed by atoms with van der Waals surface area (Å²) in [5.41, 5.74) is 0.673. The molecular formula is C15H18N4O3S. The summed E-state index contributed by atoms with van der Waals surface area (Å²) in [6.45, 7) is 2.72. The Morgan fingerprint density at radius 2 is 2.17 bits per heavy atom. The molecule has 23 heavy (non-hydrogen) atoms. The van der Waals surface area contributed by atoms with Crippen LogP contribution in [0.15, 0.2) is 28.5 Å². The molecule has 0 saturated heterocycles. The second-order valence-electron chi connectivity index (χ2n) is 4.92. The van der Waals surface area contributed by atoms with Crippen molar-refractivity contribution in [3.8, 4) is 0 Å². The van der Waals surface area contributed by atoms with Crippen molar-refractivity contribution < 1.29 is 9.59 Å². The first-order chi connectivity index (χ1) is 11.1. The fraction of sp³-hybridized carbons (Fsp3) is 0.333. The van der Waals surface area contributed by atoms with Gasteiger partial charge in [0.2, 0.25) is 11.5 Å². The molecule has 0 unspecified atom stereocenters. The predicted octanol–water partition coefficient (Wildman–Crippen LogP) is 1.54. The number of H-pyrrole nitrogens is 1. The second-order valence-corrected chi connectivity index (χ2v) is 5.78. The van der Waals surface area contributed by atoms with Gasteiger partial charge in [0.25, 0.3) is 5.91 Å². The maximum atomic E-state index is 12.0. The lowest BCUT2D eigenvalue weighted by Crippen LogP contribution is -2.26. The standard InChI is InChI=1S/C15H18N4O3S/c1-2-3-6-16-13(21)7-11-9-23-15(18-11)19-14(22)10-4-5-12(20)17-8-10/h4-5,8-9H,2-3,6-7H2,1H3,(H,16,21)(H,17,20)(H,18,19,22). The first-order valence-corrected chi connectivity index (χ1v) is 8.17. The van der Waals surface area contributed by atoms with Crippen LogP contribution < -0.4 is 16.2 Å². The summed E-state index contributed by atoms with van der Waals surface area (Å²) in [4.78, 5) is 41.3. The van der Waals surface area contributed by atoms with Crippen LogP contribution in [0.25, 0.3) is 0 Å². The van der Waals surface area contributed by atoms with Crippen LogP contribution in [0.1, 0.15) is 35.8 Å². The molecule has 8 heteroatoms. The van der Waals surface area contributed by atoms with Gasteiger partial charge in [0.1, 0.15) is 0 Å². The number of thiazole rings is 1. The molecule has 0 atom stereocenters. The minimum atomic E-state index is -0.366. The van der Waals surface area contributed by atoms with E-state index in [2.05, 4.69) is 27.5 Å². The van der Waals surface area contributed by atoms with Crippen LogP contribution in [0.5, 0.6) is 0 Å². The molecule has 0 spiro atoms. The van der Waals surface area contributed by atoms with Crippen molar-refractivity contribution in [1.82, 2.24) is 15.3 Å². The zero-order chi connectivity index (χ0) is 16.7. The normalized spacial score (nSPS) is 10.3. The molecule has 122 valence electrons. The molecule has 2 amide bonds. The van der Waals surface area contributed by atoms with Gasteiger partial charge in [-0.05, 0) is 12.5 Å². The summed E-state index contributed by atoms with van der Waals surface area (Å²) in [7, 11) is 0. The monoisotopic (exact) mass is 334 g/mol. The topological polar surface area (TPSA) is 104 Å². The summed E-state index contributed by atoms with van der Waals surface area (Å²) >= 11 is 1.25. The van der Waals surface area contributed by atoms with Crippen LogP contribution >= 0.6 is 11.3 Å². The molecule has 0 aromatic carbocycles. The number of hydrogen-bond acceptors (Lipinski definition) is 5. The molecular weight excluding hydrogens is 316 g/mol. The van der Waals surface area contributed by atoms with E-state index in [1.807, 2.05) is 0 Å². The smallest absolute Gasteiger partial charge is 0.258 e. The number of carbonyl (C=O) groups is 2. The first kappa shape index (κ1) is 16.9. The zero-order valence-electron chi connectivity index (χ0n) is 12.7. The van der Waals surface area contributed by atoms with Gasteiger partial charge < -0.3 is 10.3 Å². The Balaban J connectivity index is 1.89. The number of amides is 2. The number of rotatable bonds is 7. The summed E-state index contributed by atoms with van der Waals surface area (Å²) in [6, 6.07) is 2.71. The van der Waals surface area contributed by atoms with E-state index < -0.39 is 0 Å². The highest BCUT2D eigenvalue weighted by atomic mass is 32.1. The van der Waals surface area contributed by atoms with Gasteiger partial charge >= 0.3 is 0 Å². The molecule has 0 bridgehead atoms. The van der Waals surface area contributed by atoms with Gasteiger partial charge in [-0.1, -0.05) is 13.3 Å². The maximum Gasteiger partial charge on any atom is 0.258 e. The molecule has 2 heterocycles. The van der Waals surface area contributed by atoms with Crippen molar-refractivity contribution in [2.24, 2.45) is 0 Å². The van der Waals surface area contributed by atoms with E-state index in [4.69, 9.17) is 0 Å². The van der Waals surface area contributed by atoms with Crippen molar-refractivity contribution in [1.29, 1.82) is 0 Å². The molecule has 0 radical (unpaired) electrons. The number of carbonyl (C=O) groups excluding carboxylic acids is 2. The summed E-state index contributed by atoms with van der Waals surface area (Å²) in [5.74, 6) is -0.447. The number of hydrogen-bond donors (Lipinski definition) is 3. The third-order valence-corrected chi connectivity index (χ3v) is 3.82. The second kappa shape index (κ2) is 8.23. The first-order valence-electron chi connectivity index (χ1n) is 7.29. The predicted molar refractivity (Wildman–Crippen MR) is 88.8 cm³/mol. The Morgan fingerprint density at radius 1 is 1.35 bits per heavy atom. The lowest BCUT2D eigenvalue weighted by Gasteiger charge is -2.02. The molecule has 0 aliphatic heterocycles. The average molecular weight is 334 g/mol. The number of aromatic nitrogens is 2. The van der Waals surface area contributed by atoms with E-state index in [1.54, 1.807) is 5.38 Å². The third-order valence-electron chi connectivity index (χ3n) is 3.01. The minimum absolute atomic E-state index is 0.0812. The average Bonchev–Trinajstić information content (AvgIpc) is 2.95. The quantitative estimate of drug-likeness (QED) is 0.668. The third kappa shape index (κ3) is 5.33. The van der Waals surface area contributed by atoms with Crippen LogP contribution in [-0.2, 0) is 11.2 Å². The van der Waals surface area contributed by atoms with Crippen molar-refractivity contribution in [3.05, 3.63) is 45.3 Å². The molecule has 2 rings (SSSR count). The van der Waals surface area contributed by atoms with E-state index in [9.17, 15) is 14.4 Å². The molecule has 2 aromatic rings. The number of unbranched alkanes of at least 4 members (excludes halogenated alkanes) is 1. The molecule has 7 nitrogen and oxygen atoms in total. The minimum Gasteiger partial charge on any atom is -0.356 e. The number of aromatic amines is 1. The van der Waals surface area contributed by atoms with Gasteiger partial charge in [0.15, 0.2) is 5.13 Å². The van der Waals surface area contributed by atoms with Crippen molar-refractivity contribution in [2.75, 3.05) is 11.9 Å². The van der Waals surface area contributed by atoms with E-state index >= 15 is 0 Å². The van der Waals surface area contributed by atoms with Crippen molar-refractivity contribution >= 4 is 28.3 Å². The molecule has 0 aliphatic carbocycles. The van der Waals surface area contributed by atoms with Gasteiger partial charge in [-0.3, -0.25) is 19.7 Å². The molecule has 0 aliphatic rings. The Labute approximate surface area is 137 Å². The highest BCUT2D eigenvalue weighted by Crippen LogP contribution is 2.16. The summed E-state index contributed by atoms with van der Waals surface area (Å²) in [5, 5.41) is 7.61. The SMILES string of the molecule is CCCCNC(=O)Cc1csc(NC(=O)c2ccc(=O)[nH]c2)n1. The van der Waals surface area contributed by atoms with Crippen LogP contribution in [0, 0.1) is 0 Å². The fourth-order valence-electron chi connectivity index (χ4n) is 1.80. The maximum absolute atomic E-state index is 12.0. The number of pyridine rings is 1. The lowest BCUT2D eigenvalue weighted by molar-refractivity contribution is -0.120. The highest BCUT2D eigenvalue weighted by molar-refractivity contribution is 7.14. The number of nitrogens with one attached hydrogen (secondary N) is 3. The van der Waals surface area contributed by atoms with Crippen LogP contribution in [-0.4, -0.2) is 28.3 Å². The van der Waals surface area contributed by atoms with Gasteiger partial charge in [-0.15, -0.1) is 11.3 Å². The largest absolute Gasteiger partial charge is 0.356 e. The highest BCUT2D eigenvalue weighted by Gasteiger charge is 2.11. The van der Waals surface area contributed by atoms with Crippen molar-refractivity contribution in [3.63, 3.8) is 0 Å². The molecule has 0 saturated carbocycles.